The summed E-state index contributed by atoms with van der Waals surface area (Å²) in [5.41, 5.74) is -1.12. The topological polar surface area (TPSA) is 40.5 Å². The summed E-state index contributed by atoms with van der Waals surface area (Å²) < 4.78 is 0. The molecule has 3 heteroatoms. The number of hydrogen-bond donors (Lipinski definition) is 2. The molecule has 0 bridgehead atoms. The van der Waals surface area contributed by atoms with Gasteiger partial charge < -0.3 is 10.2 Å². The molecule has 2 aliphatic rings. The summed E-state index contributed by atoms with van der Waals surface area (Å²) in [5.74, 6) is 0.757. The number of alkyl halides is 1. The van der Waals surface area contributed by atoms with Crippen LogP contribution in [0.15, 0.2) is 12.7 Å². The lowest BCUT2D eigenvalue weighted by Crippen LogP contribution is -2.68. The highest BCUT2D eigenvalue weighted by atomic mass is 79.9. The maximum Gasteiger partial charge on any atom is 0.0986 e. The summed E-state index contributed by atoms with van der Waals surface area (Å²) in [5, 5.41) is 22.9. The van der Waals surface area contributed by atoms with Crippen molar-refractivity contribution in [1.29, 1.82) is 0 Å². The third-order valence-electron chi connectivity index (χ3n) is 7.45. The van der Waals surface area contributed by atoms with E-state index in [9.17, 15) is 10.2 Å². The molecular formula is C20H35BrO2. The minimum atomic E-state index is -1.02. The van der Waals surface area contributed by atoms with Crippen molar-refractivity contribution in [2.24, 2.45) is 28.6 Å². The van der Waals surface area contributed by atoms with Gasteiger partial charge in [0, 0.05) is 10.2 Å². The monoisotopic (exact) mass is 386 g/mol. The van der Waals surface area contributed by atoms with E-state index in [1.54, 1.807) is 0 Å². The first-order chi connectivity index (χ1) is 10.5. The van der Waals surface area contributed by atoms with Crippen LogP contribution in [0.3, 0.4) is 0 Å². The molecule has 0 saturated heterocycles. The van der Waals surface area contributed by atoms with Gasteiger partial charge in [-0.3, -0.25) is 0 Å². The van der Waals surface area contributed by atoms with Gasteiger partial charge in [-0.15, -0.1) is 6.58 Å². The first-order valence-electron chi connectivity index (χ1n) is 9.18. The third-order valence-corrected chi connectivity index (χ3v) is 9.09. The van der Waals surface area contributed by atoms with Crippen LogP contribution in [0.1, 0.15) is 66.7 Å². The van der Waals surface area contributed by atoms with Crippen LogP contribution in [-0.4, -0.2) is 26.7 Å². The maximum absolute atomic E-state index is 11.8. The van der Waals surface area contributed by atoms with Crippen LogP contribution in [0.2, 0.25) is 0 Å². The predicted octanol–water partition coefficient (Wildman–Crippen LogP) is 4.93. The zero-order valence-corrected chi connectivity index (χ0v) is 17.1. The summed E-state index contributed by atoms with van der Waals surface area (Å²) in [4.78, 5) is 0.481. The summed E-state index contributed by atoms with van der Waals surface area (Å²) in [6.07, 6.45) is 5.92. The molecule has 23 heavy (non-hydrogen) atoms. The zero-order valence-electron chi connectivity index (χ0n) is 15.5. The number of allylic oxidation sites excluding steroid dienone is 1. The van der Waals surface area contributed by atoms with Crippen molar-refractivity contribution in [3.63, 3.8) is 0 Å². The average molecular weight is 387 g/mol. The number of hydrogen-bond acceptors (Lipinski definition) is 2. The fourth-order valence-electron chi connectivity index (χ4n) is 5.72. The number of aliphatic hydroxyl groups excluding tert-OH is 1. The van der Waals surface area contributed by atoms with E-state index in [-0.39, 0.29) is 22.7 Å². The molecule has 0 aliphatic heterocycles. The Hall–Kier alpha value is 0.140. The van der Waals surface area contributed by atoms with Crippen molar-refractivity contribution in [2.75, 3.05) is 0 Å². The van der Waals surface area contributed by atoms with E-state index in [0.29, 0.717) is 17.2 Å². The molecule has 0 aromatic carbocycles. The molecule has 0 aromatic heterocycles. The van der Waals surface area contributed by atoms with E-state index in [0.717, 1.165) is 25.7 Å². The van der Waals surface area contributed by atoms with Crippen molar-refractivity contribution < 1.29 is 10.2 Å². The summed E-state index contributed by atoms with van der Waals surface area (Å²) >= 11 is 3.88. The standard InChI is InChI=1S/C20H35BrO2/c1-7-13(2)12-17(22)20(23)14(3)8-9-15-18(4,5)16(21)10-11-19(15,20)6/h7,13-17,22-23H,1,8-12H2,2-6H3/t13-,14+,15-,16-,17?,19-,20-/m0/s1. The summed E-state index contributed by atoms with van der Waals surface area (Å²) in [7, 11) is 0. The Morgan fingerprint density at radius 2 is 1.87 bits per heavy atom. The third kappa shape index (κ3) is 2.85. The van der Waals surface area contributed by atoms with Gasteiger partial charge in [-0.1, -0.05) is 56.6 Å². The lowest BCUT2D eigenvalue weighted by molar-refractivity contribution is -0.251. The van der Waals surface area contributed by atoms with Crippen molar-refractivity contribution in [2.45, 2.75) is 83.3 Å². The highest BCUT2D eigenvalue weighted by molar-refractivity contribution is 9.09. The quantitative estimate of drug-likeness (QED) is 0.531. The highest BCUT2D eigenvalue weighted by Gasteiger charge is 2.65. The number of fused-ring (bicyclic) bond motifs is 1. The van der Waals surface area contributed by atoms with Crippen molar-refractivity contribution >= 4 is 15.9 Å². The molecule has 0 heterocycles. The Morgan fingerprint density at radius 1 is 1.26 bits per heavy atom. The first kappa shape index (κ1) is 19.5. The number of aliphatic hydroxyl groups is 2. The van der Waals surface area contributed by atoms with Gasteiger partial charge in [0.2, 0.25) is 0 Å². The molecule has 2 fully saturated rings. The molecule has 0 radical (unpaired) electrons. The molecule has 134 valence electrons. The fraction of sp³-hybridized carbons (Fsp3) is 0.900. The van der Waals surface area contributed by atoms with Gasteiger partial charge in [0.1, 0.15) is 0 Å². The molecular weight excluding hydrogens is 352 g/mol. The molecule has 2 nitrogen and oxygen atoms in total. The van der Waals surface area contributed by atoms with Crippen LogP contribution in [0.5, 0.6) is 0 Å². The molecule has 2 rings (SSSR count). The average Bonchev–Trinajstić information content (AvgIpc) is 2.48. The van der Waals surface area contributed by atoms with E-state index in [1.807, 2.05) is 6.08 Å². The van der Waals surface area contributed by atoms with Crippen molar-refractivity contribution in [3.05, 3.63) is 12.7 Å². The van der Waals surface area contributed by atoms with E-state index in [4.69, 9.17) is 0 Å². The molecule has 2 saturated carbocycles. The minimum Gasteiger partial charge on any atom is -0.390 e. The summed E-state index contributed by atoms with van der Waals surface area (Å²) in [6.45, 7) is 14.9. The predicted molar refractivity (Wildman–Crippen MR) is 101 cm³/mol. The lowest BCUT2D eigenvalue weighted by Gasteiger charge is -2.65. The van der Waals surface area contributed by atoms with Crippen LogP contribution in [0, 0.1) is 28.6 Å². The van der Waals surface area contributed by atoms with Gasteiger partial charge in [-0.2, -0.15) is 0 Å². The fourth-order valence-corrected chi connectivity index (χ4v) is 6.27. The molecule has 2 N–H and O–H groups in total. The Balaban J connectivity index is 2.42. The summed E-state index contributed by atoms with van der Waals surface area (Å²) in [6, 6.07) is 0. The van der Waals surface area contributed by atoms with E-state index < -0.39 is 11.7 Å². The van der Waals surface area contributed by atoms with Gasteiger partial charge in [-0.05, 0) is 55.3 Å². The van der Waals surface area contributed by atoms with E-state index >= 15 is 0 Å². The molecule has 0 amide bonds. The molecule has 2 aliphatic carbocycles. The highest BCUT2D eigenvalue weighted by Crippen LogP contribution is 2.64. The van der Waals surface area contributed by atoms with Gasteiger partial charge in [-0.25, -0.2) is 0 Å². The second-order valence-corrected chi connectivity index (χ2v) is 10.2. The van der Waals surface area contributed by atoms with Crippen LogP contribution in [0.25, 0.3) is 0 Å². The van der Waals surface area contributed by atoms with Crippen molar-refractivity contribution in [3.8, 4) is 0 Å². The SMILES string of the molecule is C=C[C@H](C)CC(O)[C@@]1(O)[C@H](C)CC[C@H]2C(C)(C)[C@@H](Br)CC[C@@]21C. The second-order valence-electron chi connectivity index (χ2n) is 9.07. The van der Waals surface area contributed by atoms with Crippen LogP contribution in [-0.2, 0) is 0 Å². The molecule has 0 aromatic rings. The molecule has 7 atom stereocenters. The van der Waals surface area contributed by atoms with Gasteiger partial charge >= 0.3 is 0 Å². The molecule has 1 unspecified atom stereocenters. The van der Waals surface area contributed by atoms with Crippen LogP contribution >= 0.6 is 15.9 Å². The Labute approximate surface area is 150 Å². The van der Waals surface area contributed by atoms with E-state index in [1.165, 1.54) is 0 Å². The number of rotatable bonds is 4. The lowest BCUT2D eigenvalue weighted by atomic mass is 9.43. The van der Waals surface area contributed by atoms with Crippen LogP contribution in [0.4, 0.5) is 0 Å². The van der Waals surface area contributed by atoms with Gasteiger partial charge in [0.05, 0.1) is 11.7 Å². The first-order valence-corrected chi connectivity index (χ1v) is 10.1. The zero-order chi connectivity index (χ0) is 17.6. The largest absolute Gasteiger partial charge is 0.390 e. The van der Waals surface area contributed by atoms with Gasteiger partial charge in [0.25, 0.3) is 0 Å². The Morgan fingerprint density at radius 3 is 2.43 bits per heavy atom. The number of halogens is 1. The van der Waals surface area contributed by atoms with E-state index in [2.05, 4.69) is 57.1 Å². The second kappa shape index (κ2) is 6.46. The Kier molecular flexibility index (Phi) is 5.47. The Bertz CT molecular complexity index is 449. The minimum absolute atomic E-state index is 0.124. The van der Waals surface area contributed by atoms with Gasteiger partial charge in [0.15, 0.2) is 0 Å². The normalized spacial score (nSPS) is 45.8. The smallest absolute Gasteiger partial charge is 0.0986 e. The molecule has 0 spiro atoms. The maximum atomic E-state index is 11.8. The van der Waals surface area contributed by atoms with Crippen LogP contribution < -0.4 is 0 Å². The van der Waals surface area contributed by atoms with Crippen molar-refractivity contribution in [1.82, 2.24) is 0 Å².